The second-order valence-electron chi connectivity index (χ2n) is 11.4. The van der Waals surface area contributed by atoms with Gasteiger partial charge in [-0.05, 0) is 92.3 Å². The number of carbonyl (C=O) groups excluding carboxylic acids is 3. The molecule has 0 radical (unpaired) electrons. The number of halogens is 7. The number of hydrogen-bond donors (Lipinski definition) is 0. The van der Waals surface area contributed by atoms with Crippen LogP contribution in [-0.2, 0) is 14.3 Å². The van der Waals surface area contributed by atoms with Crippen molar-refractivity contribution >= 4 is 17.9 Å². The summed E-state index contributed by atoms with van der Waals surface area (Å²) in [4.78, 5) is 36.3. The molecular weight excluding hydrogens is 677 g/mol. The molecule has 7 nitrogen and oxygen atoms in total. The molecule has 0 unspecified atom stereocenters. The van der Waals surface area contributed by atoms with Crippen molar-refractivity contribution in [1.82, 2.24) is 0 Å². The van der Waals surface area contributed by atoms with Gasteiger partial charge in [0.1, 0.15) is 11.5 Å². The predicted molar refractivity (Wildman–Crippen MR) is 169 cm³/mol. The molecule has 0 N–H and O–H groups in total. The molecule has 0 amide bonds. The lowest BCUT2D eigenvalue weighted by Gasteiger charge is -2.26. The third-order valence-electron chi connectivity index (χ3n) is 7.43. The lowest BCUT2D eigenvalue weighted by Crippen LogP contribution is -2.56. The van der Waals surface area contributed by atoms with Gasteiger partial charge >= 0.3 is 35.9 Å². The highest BCUT2D eigenvalue weighted by Gasteiger charge is 2.77. The second-order valence-corrected chi connectivity index (χ2v) is 11.4. The van der Waals surface area contributed by atoms with Crippen LogP contribution in [0.3, 0.4) is 0 Å². The monoisotopic (exact) mass is 714 g/mol. The third kappa shape index (κ3) is 10.9. The van der Waals surface area contributed by atoms with Crippen molar-refractivity contribution in [2.45, 2.75) is 82.9 Å². The van der Waals surface area contributed by atoms with Crippen LogP contribution in [0, 0.1) is 0 Å². The predicted octanol–water partition coefficient (Wildman–Crippen LogP) is 9.62. The van der Waals surface area contributed by atoms with E-state index in [4.69, 9.17) is 14.2 Å². The van der Waals surface area contributed by atoms with E-state index in [9.17, 15) is 45.1 Å². The van der Waals surface area contributed by atoms with Crippen LogP contribution in [0.2, 0.25) is 0 Å². The summed E-state index contributed by atoms with van der Waals surface area (Å²) in [5, 5.41) is 0. The van der Waals surface area contributed by atoms with E-state index in [1.54, 1.807) is 48.5 Å². The molecule has 3 aromatic carbocycles. The highest BCUT2D eigenvalue weighted by molar-refractivity contribution is 5.92. The molecule has 3 rings (SSSR count). The van der Waals surface area contributed by atoms with Crippen molar-refractivity contribution < 1.29 is 64.1 Å². The molecule has 0 heterocycles. The summed E-state index contributed by atoms with van der Waals surface area (Å²) < 4.78 is 109. The molecule has 0 fully saturated rings. The van der Waals surface area contributed by atoms with E-state index in [0.717, 1.165) is 43.2 Å². The zero-order valence-electron chi connectivity index (χ0n) is 27.4. The summed E-state index contributed by atoms with van der Waals surface area (Å²) in [6.45, 7) is 3.19. The van der Waals surface area contributed by atoms with Gasteiger partial charge in [0.2, 0.25) is 0 Å². The van der Waals surface area contributed by atoms with Gasteiger partial charge in [-0.15, -0.1) is 0 Å². The Hall–Kier alpha value is -4.62. The Bertz CT molecular complexity index is 1540. The number of unbranched alkanes of at least 4 members (excludes halogenated alkanes) is 4. The maximum absolute atomic E-state index is 13.3. The molecule has 0 spiro atoms. The van der Waals surface area contributed by atoms with Gasteiger partial charge in [0, 0.05) is 0 Å². The topological polar surface area (TPSA) is 88.1 Å². The Morgan fingerprint density at radius 1 is 0.640 bits per heavy atom. The van der Waals surface area contributed by atoms with Crippen LogP contribution in [0.25, 0.3) is 11.1 Å². The highest BCUT2D eigenvalue weighted by atomic mass is 19.4. The number of esters is 3. The van der Waals surface area contributed by atoms with Gasteiger partial charge in [-0.1, -0.05) is 50.5 Å². The summed E-state index contributed by atoms with van der Waals surface area (Å²) in [6, 6.07) is 19.4. The van der Waals surface area contributed by atoms with Crippen LogP contribution in [0.5, 0.6) is 11.5 Å². The van der Waals surface area contributed by atoms with E-state index < -0.39 is 42.5 Å². The first-order chi connectivity index (χ1) is 23.6. The number of alkyl halides is 7. The summed E-state index contributed by atoms with van der Waals surface area (Å²) in [5.74, 6) is -16.0. The quantitative estimate of drug-likeness (QED) is 0.0561. The Morgan fingerprint density at radius 2 is 1.16 bits per heavy atom. The number of carbonyl (C=O) groups is 3. The minimum atomic E-state index is -6.63. The van der Waals surface area contributed by atoms with E-state index >= 15 is 0 Å². The molecule has 0 bridgehead atoms. The van der Waals surface area contributed by atoms with Gasteiger partial charge in [-0.2, -0.15) is 30.7 Å². The molecule has 0 aromatic heterocycles. The molecule has 14 heteroatoms. The van der Waals surface area contributed by atoms with Crippen molar-refractivity contribution in [3.63, 3.8) is 0 Å². The first-order valence-electron chi connectivity index (χ1n) is 15.9. The van der Waals surface area contributed by atoms with Crippen molar-refractivity contribution in [2.75, 3.05) is 13.2 Å². The maximum atomic E-state index is 13.3. The number of hydrogen-bond acceptors (Lipinski definition) is 7. The maximum Gasteiger partial charge on any atom is 0.460 e. The summed E-state index contributed by atoms with van der Waals surface area (Å²) in [6.07, 6.45) is -1.69. The molecular formula is C36H37F7O7. The van der Waals surface area contributed by atoms with Gasteiger partial charge in [0.05, 0.1) is 30.4 Å². The van der Waals surface area contributed by atoms with Crippen LogP contribution in [0.1, 0.15) is 79.5 Å². The molecule has 272 valence electrons. The van der Waals surface area contributed by atoms with Gasteiger partial charge in [-0.3, -0.25) is 0 Å². The Labute approximate surface area is 284 Å². The first-order valence-corrected chi connectivity index (χ1v) is 15.9. The van der Waals surface area contributed by atoms with E-state index in [2.05, 4.69) is 11.7 Å². The van der Waals surface area contributed by atoms with E-state index in [1.165, 1.54) is 24.3 Å². The second kappa shape index (κ2) is 17.9. The van der Waals surface area contributed by atoms with Crippen LogP contribution in [0.4, 0.5) is 30.7 Å². The smallest absolute Gasteiger partial charge is 0.460 e. The zero-order chi connectivity index (χ0) is 37.0. The van der Waals surface area contributed by atoms with Crippen LogP contribution < -0.4 is 9.47 Å². The fourth-order valence-corrected chi connectivity index (χ4v) is 4.49. The minimum Gasteiger partial charge on any atom is -0.494 e. The largest absolute Gasteiger partial charge is 0.494 e. The zero-order valence-corrected chi connectivity index (χ0v) is 27.4. The summed E-state index contributed by atoms with van der Waals surface area (Å²) in [5.41, 5.74) is 2.18. The minimum absolute atomic E-state index is 0.00796. The molecule has 0 aliphatic rings. The summed E-state index contributed by atoms with van der Waals surface area (Å²) >= 11 is 0. The number of rotatable bonds is 18. The average molecular weight is 715 g/mol. The Kier molecular flexibility index (Phi) is 14.2. The SMILES string of the molecule is CCCCCC[C@@H](C)OC(=O)c1ccc(OC(=O)c2ccc(-c3ccc(OCCCCOC(=O)C(F)(F)C(F)(F)C(F)(F)F)cc3)cc2)cc1. The van der Waals surface area contributed by atoms with Crippen molar-refractivity contribution in [1.29, 1.82) is 0 Å². The Balaban J connectivity index is 1.41. The molecule has 0 aliphatic carbocycles. The lowest BCUT2D eigenvalue weighted by molar-refractivity contribution is -0.348. The lowest BCUT2D eigenvalue weighted by atomic mass is 10.0. The van der Waals surface area contributed by atoms with Gasteiger partial charge < -0.3 is 18.9 Å². The van der Waals surface area contributed by atoms with Crippen LogP contribution in [-0.4, -0.2) is 55.2 Å². The van der Waals surface area contributed by atoms with E-state index in [0.29, 0.717) is 11.3 Å². The normalized spacial score (nSPS) is 12.6. The standard InChI is InChI=1S/C36H37F7O7/c1-3-4-5-6-9-24(2)49-31(44)28-16-20-30(21-17-28)50-32(45)27-12-10-25(11-13-27)26-14-18-29(19-15-26)47-22-7-8-23-48-33(46)34(37,38)35(39,40)36(41,42)43/h10-21,24H,3-9,22-23H2,1-2H3/t24-/m1/s1. The van der Waals surface area contributed by atoms with E-state index in [1.807, 2.05) is 6.92 Å². The van der Waals surface area contributed by atoms with Crippen LogP contribution >= 0.6 is 0 Å². The van der Waals surface area contributed by atoms with Crippen LogP contribution in [0.15, 0.2) is 72.8 Å². The molecule has 0 saturated carbocycles. The average Bonchev–Trinajstić information content (AvgIpc) is 3.08. The van der Waals surface area contributed by atoms with E-state index in [-0.39, 0.29) is 36.9 Å². The molecule has 0 saturated heterocycles. The molecule has 1 atom stereocenters. The molecule has 0 aliphatic heterocycles. The molecule has 50 heavy (non-hydrogen) atoms. The highest BCUT2D eigenvalue weighted by Crippen LogP contribution is 2.47. The van der Waals surface area contributed by atoms with Gasteiger partial charge in [0.25, 0.3) is 0 Å². The first kappa shape index (κ1) is 39.8. The van der Waals surface area contributed by atoms with Crippen molar-refractivity contribution in [2.24, 2.45) is 0 Å². The number of ether oxygens (including phenoxy) is 4. The van der Waals surface area contributed by atoms with Gasteiger partial charge in [-0.25, -0.2) is 14.4 Å². The summed E-state index contributed by atoms with van der Waals surface area (Å²) in [7, 11) is 0. The fourth-order valence-electron chi connectivity index (χ4n) is 4.49. The van der Waals surface area contributed by atoms with Crippen molar-refractivity contribution in [3.05, 3.63) is 83.9 Å². The van der Waals surface area contributed by atoms with Crippen molar-refractivity contribution in [3.8, 4) is 22.6 Å². The van der Waals surface area contributed by atoms with Gasteiger partial charge in [0.15, 0.2) is 0 Å². The molecule has 3 aromatic rings. The number of benzene rings is 3. The fraction of sp³-hybridized carbons (Fsp3) is 0.417. The third-order valence-corrected chi connectivity index (χ3v) is 7.43. The Morgan fingerprint density at radius 3 is 1.74 bits per heavy atom.